The summed E-state index contributed by atoms with van der Waals surface area (Å²) in [6.07, 6.45) is 2.75. The summed E-state index contributed by atoms with van der Waals surface area (Å²) in [5, 5.41) is 2.11. The summed E-state index contributed by atoms with van der Waals surface area (Å²) < 4.78 is 12.7. The van der Waals surface area contributed by atoms with Gasteiger partial charge in [0.2, 0.25) is 17.7 Å². The van der Waals surface area contributed by atoms with Gasteiger partial charge in [0, 0.05) is 6.08 Å². The maximum absolute atomic E-state index is 12.7. The largest absolute Gasteiger partial charge is 0.321 e. The predicted molar refractivity (Wildman–Crippen MR) is 65.2 cm³/mol. The van der Waals surface area contributed by atoms with E-state index in [9.17, 15) is 18.8 Å². The normalized spacial score (nSPS) is 15.7. The summed E-state index contributed by atoms with van der Waals surface area (Å²) in [6.45, 7) is -0.281. The Morgan fingerprint density at radius 3 is 2.32 bits per heavy atom. The van der Waals surface area contributed by atoms with Gasteiger partial charge in [-0.1, -0.05) is 12.1 Å². The summed E-state index contributed by atoms with van der Waals surface area (Å²) >= 11 is 0. The Hall–Kier alpha value is -2.50. The highest BCUT2D eigenvalue weighted by atomic mass is 19.1. The van der Waals surface area contributed by atoms with Crippen LogP contribution in [0.25, 0.3) is 6.08 Å². The molecule has 5 nitrogen and oxygen atoms in total. The monoisotopic (exact) mass is 262 g/mol. The van der Waals surface area contributed by atoms with Crippen molar-refractivity contribution < 1.29 is 18.8 Å². The maximum atomic E-state index is 12.7. The SMILES string of the molecule is O=C1CN(C(=O)C=Cc2ccc(F)cc2)CC(=O)N1. The number of carbonyl (C=O) groups is 3. The number of benzene rings is 1. The minimum atomic E-state index is -0.500. The van der Waals surface area contributed by atoms with Gasteiger partial charge in [0.05, 0.1) is 0 Å². The summed E-state index contributed by atoms with van der Waals surface area (Å²) in [5.41, 5.74) is 0.655. The topological polar surface area (TPSA) is 66.5 Å². The van der Waals surface area contributed by atoms with Crippen molar-refractivity contribution in [3.8, 4) is 0 Å². The Bertz CT molecular complexity index is 536. The van der Waals surface area contributed by atoms with Crippen molar-refractivity contribution in [1.29, 1.82) is 0 Å². The second-order valence-corrected chi connectivity index (χ2v) is 4.05. The lowest BCUT2D eigenvalue weighted by Crippen LogP contribution is -2.52. The number of imide groups is 1. The molecule has 1 aromatic rings. The molecule has 0 unspecified atom stereocenters. The molecule has 6 heteroatoms. The molecule has 0 saturated carbocycles. The average Bonchev–Trinajstić information content (AvgIpc) is 2.36. The molecule has 0 aliphatic carbocycles. The minimum absolute atomic E-state index is 0.141. The second-order valence-electron chi connectivity index (χ2n) is 4.05. The van der Waals surface area contributed by atoms with E-state index in [0.717, 1.165) is 4.90 Å². The van der Waals surface area contributed by atoms with E-state index < -0.39 is 17.7 Å². The lowest BCUT2D eigenvalue weighted by Gasteiger charge is -2.24. The number of rotatable bonds is 2. The molecule has 0 spiro atoms. The van der Waals surface area contributed by atoms with E-state index in [1.165, 1.54) is 36.4 Å². The number of hydrogen-bond acceptors (Lipinski definition) is 3. The summed E-state index contributed by atoms with van der Waals surface area (Å²) in [4.78, 5) is 35.1. The molecule has 3 amide bonds. The molecule has 1 saturated heterocycles. The second kappa shape index (κ2) is 5.43. The number of hydrogen-bond donors (Lipinski definition) is 1. The highest BCUT2D eigenvalue weighted by molar-refractivity contribution is 6.04. The number of nitrogens with zero attached hydrogens (tertiary/aromatic N) is 1. The third-order valence-electron chi connectivity index (χ3n) is 2.55. The third kappa shape index (κ3) is 3.48. The Morgan fingerprint density at radius 1 is 1.16 bits per heavy atom. The van der Waals surface area contributed by atoms with Gasteiger partial charge in [-0.2, -0.15) is 0 Å². The van der Waals surface area contributed by atoms with Gasteiger partial charge in [-0.05, 0) is 23.8 Å². The maximum Gasteiger partial charge on any atom is 0.247 e. The summed E-state index contributed by atoms with van der Waals surface area (Å²) in [5.74, 6) is -1.80. The Morgan fingerprint density at radius 2 is 1.74 bits per heavy atom. The van der Waals surface area contributed by atoms with E-state index in [0.29, 0.717) is 5.56 Å². The molecule has 0 aromatic heterocycles. The average molecular weight is 262 g/mol. The zero-order valence-electron chi connectivity index (χ0n) is 9.93. The number of halogens is 1. The van der Waals surface area contributed by atoms with Crippen molar-refractivity contribution in [2.24, 2.45) is 0 Å². The summed E-state index contributed by atoms with van der Waals surface area (Å²) in [7, 11) is 0. The van der Waals surface area contributed by atoms with Gasteiger partial charge in [0.1, 0.15) is 18.9 Å². The van der Waals surface area contributed by atoms with Crippen molar-refractivity contribution in [3.63, 3.8) is 0 Å². The van der Waals surface area contributed by atoms with E-state index in [2.05, 4.69) is 5.32 Å². The van der Waals surface area contributed by atoms with Crippen LogP contribution in [0.15, 0.2) is 30.3 Å². The molecule has 2 rings (SSSR count). The molecular formula is C13H11FN2O3. The number of piperazine rings is 1. The first kappa shape index (κ1) is 12.9. The molecule has 1 N–H and O–H groups in total. The van der Waals surface area contributed by atoms with Crippen LogP contribution in [-0.4, -0.2) is 35.7 Å². The van der Waals surface area contributed by atoms with Crippen LogP contribution in [0.2, 0.25) is 0 Å². The molecule has 1 fully saturated rings. The van der Waals surface area contributed by atoms with Gasteiger partial charge >= 0.3 is 0 Å². The fourth-order valence-electron chi connectivity index (χ4n) is 1.64. The van der Waals surface area contributed by atoms with Crippen LogP contribution in [0.4, 0.5) is 4.39 Å². The lowest BCUT2D eigenvalue weighted by atomic mass is 10.2. The molecule has 0 atom stereocenters. The van der Waals surface area contributed by atoms with Gasteiger partial charge in [0.15, 0.2) is 0 Å². The molecule has 19 heavy (non-hydrogen) atoms. The van der Waals surface area contributed by atoms with Gasteiger partial charge in [-0.15, -0.1) is 0 Å². The molecule has 0 bridgehead atoms. The van der Waals surface area contributed by atoms with Crippen LogP contribution < -0.4 is 5.32 Å². The molecule has 98 valence electrons. The highest BCUT2D eigenvalue weighted by Gasteiger charge is 2.24. The fraction of sp³-hybridized carbons (Fsp3) is 0.154. The predicted octanol–water partition coefficient (Wildman–Crippen LogP) is 0.324. The fourth-order valence-corrected chi connectivity index (χ4v) is 1.64. The van der Waals surface area contributed by atoms with Gasteiger partial charge < -0.3 is 4.90 Å². The van der Waals surface area contributed by atoms with Crippen molar-refractivity contribution in [2.75, 3.05) is 13.1 Å². The van der Waals surface area contributed by atoms with Crippen LogP contribution in [-0.2, 0) is 14.4 Å². The Kier molecular flexibility index (Phi) is 3.70. The van der Waals surface area contributed by atoms with Crippen molar-refractivity contribution in [1.82, 2.24) is 10.2 Å². The first-order valence-corrected chi connectivity index (χ1v) is 5.60. The van der Waals surface area contributed by atoms with E-state index >= 15 is 0 Å². The summed E-state index contributed by atoms with van der Waals surface area (Å²) in [6, 6.07) is 5.60. The number of carbonyl (C=O) groups excluding carboxylic acids is 3. The lowest BCUT2D eigenvalue weighted by molar-refractivity contribution is -0.143. The standard InChI is InChI=1S/C13H11FN2O3/c14-10-4-1-9(2-5-10)3-6-13(19)16-7-11(17)15-12(18)8-16/h1-6H,7-8H2,(H,15,17,18). The van der Waals surface area contributed by atoms with Crippen LogP contribution in [0.1, 0.15) is 5.56 Å². The van der Waals surface area contributed by atoms with Crippen molar-refractivity contribution >= 4 is 23.8 Å². The zero-order chi connectivity index (χ0) is 13.8. The number of nitrogens with one attached hydrogen (secondary N) is 1. The Balaban J connectivity index is 2.02. The number of amides is 3. The smallest absolute Gasteiger partial charge is 0.247 e. The van der Waals surface area contributed by atoms with Crippen LogP contribution in [0.3, 0.4) is 0 Å². The van der Waals surface area contributed by atoms with Crippen LogP contribution in [0.5, 0.6) is 0 Å². The van der Waals surface area contributed by atoms with Gasteiger partial charge in [-0.3, -0.25) is 19.7 Å². The minimum Gasteiger partial charge on any atom is -0.321 e. The molecular weight excluding hydrogens is 251 g/mol. The van der Waals surface area contributed by atoms with Crippen molar-refractivity contribution in [3.05, 3.63) is 41.7 Å². The Labute approximate surface area is 108 Å². The van der Waals surface area contributed by atoms with E-state index in [1.807, 2.05) is 0 Å². The quantitative estimate of drug-likeness (QED) is 0.616. The molecule has 0 radical (unpaired) electrons. The molecule has 1 aliphatic heterocycles. The third-order valence-corrected chi connectivity index (χ3v) is 2.55. The van der Waals surface area contributed by atoms with Crippen LogP contribution >= 0.6 is 0 Å². The van der Waals surface area contributed by atoms with Crippen LogP contribution in [0, 0.1) is 5.82 Å². The zero-order valence-corrected chi connectivity index (χ0v) is 9.93. The molecule has 1 aliphatic rings. The first-order chi connectivity index (χ1) is 9.04. The van der Waals surface area contributed by atoms with E-state index in [4.69, 9.17) is 0 Å². The molecule has 1 heterocycles. The molecule has 1 aromatic carbocycles. The van der Waals surface area contributed by atoms with Crippen molar-refractivity contribution in [2.45, 2.75) is 0 Å². The van der Waals surface area contributed by atoms with E-state index in [1.54, 1.807) is 0 Å². The highest BCUT2D eigenvalue weighted by Crippen LogP contribution is 2.05. The van der Waals surface area contributed by atoms with E-state index in [-0.39, 0.29) is 18.9 Å². The van der Waals surface area contributed by atoms with Gasteiger partial charge in [0.25, 0.3) is 0 Å². The first-order valence-electron chi connectivity index (χ1n) is 5.60. The van der Waals surface area contributed by atoms with Gasteiger partial charge in [-0.25, -0.2) is 4.39 Å².